The van der Waals surface area contributed by atoms with Crippen LogP contribution in [0.1, 0.15) is 76.5 Å². The standard InChI is InChI=1S/C52H69N2P2/c1-8-44-32-34-46(35-33-44)43-55(48-26-15-10-16-27-48,42-45-24-13-9-14-25-45)37-23-39-56(49-28-17-11-18-29-49,50-30-19-12-20-31-50)38-22-21-36-54(6,7)47-40-51(2,3)53-52(4,5)41-47/h8-20,24-35,47,53H,1,21-23,36-43H2,2-7H3/q+3. The molecule has 1 saturated heterocycles. The van der Waals surface area contributed by atoms with Gasteiger partial charge in [-0.1, -0.05) is 122 Å². The molecular formula is C52H69N2P2+3. The summed E-state index contributed by atoms with van der Waals surface area (Å²) in [6.45, 7) is 14.8. The summed E-state index contributed by atoms with van der Waals surface area (Å²) >= 11 is 0. The number of rotatable bonds is 18. The lowest BCUT2D eigenvalue weighted by molar-refractivity contribution is -0.917. The lowest BCUT2D eigenvalue weighted by Gasteiger charge is -2.51. The molecule has 5 aromatic rings. The van der Waals surface area contributed by atoms with Crippen molar-refractivity contribution in [2.45, 2.75) is 89.2 Å². The Morgan fingerprint density at radius 1 is 0.571 bits per heavy atom. The predicted octanol–water partition coefficient (Wildman–Crippen LogP) is 11.6. The Bertz CT molecular complexity index is 1880. The fraction of sp³-hybridized carbons (Fsp3) is 0.385. The Morgan fingerprint density at radius 2 is 1.02 bits per heavy atom. The number of hydrogen-bond donors (Lipinski definition) is 1. The number of piperidine rings is 1. The number of unbranched alkanes of at least 4 members (excludes halogenated alkanes) is 1. The average molecular weight is 784 g/mol. The first kappa shape index (κ1) is 42.2. The van der Waals surface area contributed by atoms with E-state index in [-0.39, 0.29) is 11.1 Å². The third-order valence-electron chi connectivity index (χ3n) is 12.6. The molecule has 0 radical (unpaired) electrons. The molecule has 294 valence electrons. The van der Waals surface area contributed by atoms with Gasteiger partial charge in [0.15, 0.2) is 0 Å². The summed E-state index contributed by atoms with van der Waals surface area (Å²) < 4.78 is 1.11. The van der Waals surface area contributed by atoms with Gasteiger partial charge in [0.1, 0.15) is 0 Å². The van der Waals surface area contributed by atoms with Gasteiger partial charge in [-0.2, -0.15) is 0 Å². The highest BCUT2D eigenvalue weighted by Gasteiger charge is 2.47. The summed E-state index contributed by atoms with van der Waals surface area (Å²) in [6, 6.07) is 56.2. The van der Waals surface area contributed by atoms with Crippen LogP contribution < -0.4 is 21.2 Å². The Labute approximate surface area is 342 Å². The molecule has 1 aliphatic heterocycles. The highest BCUT2D eigenvalue weighted by molar-refractivity contribution is 7.89. The first-order chi connectivity index (χ1) is 26.8. The van der Waals surface area contributed by atoms with Gasteiger partial charge in [0, 0.05) is 36.8 Å². The molecule has 1 N–H and O–H groups in total. The summed E-state index contributed by atoms with van der Waals surface area (Å²) in [7, 11) is 1.59. The second kappa shape index (κ2) is 18.5. The van der Waals surface area contributed by atoms with Crippen LogP contribution in [0.2, 0.25) is 0 Å². The van der Waals surface area contributed by atoms with E-state index >= 15 is 0 Å². The fourth-order valence-corrected chi connectivity index (χ4v) is 19.2. The van der Waals surface area contributed by atoms with E-state index in [0.29, 0.717) is 6.04 Å². The third-order valence-corrected chi connectivity index (χ3v) is 21.9. The zero-order valence-corrected chi connectivity index (χ0v) is 37.1. The van der Waals surface area contributed by atoms with Crippen LogP contribution >= 0.6 is 14.5 Å². The van der Waals surface area contributed by atoms with E-state index < -0.39 is 14.5 Å². The zero-order chi connectivity index (χ0) is 39.7. The van der Waals surface area contributed by atoms with Crippen LogP contribution in [0.4, 0.5) is 0 Å². The molecule has 0 spiro atoms. The fourth-order valence-electron chi connectivity index (χ4n) is 10.0. The Kier molecular flexibility index (Phi) is 13.9. The molecule has 4 heteroatoms. The summed E-state index contributed by atoms with van der Waals surface area (Å²) in [5.74, 6) is 0. The van der Waals surface area contributed by atoms with Gasteiger partial charge in [-0.3, -0.25) is 0 Å². The van der Waals surface area contributed by atoms with Gasteiger partial charge in [-0.05, 0) is 87.2 Å². The normalized spacial score (nSPS) is 16.9. The molecule has 1 atom stereocenters. The van der Waals surface area contributed by atoms with Crippen LogP contribution in [-0.4, -0.2) is 60.7 Å². The van der Waals surface area contributed by atoms with Crippen molar-refractivity contribution in [3.63, 3.8) is 0 Å². The zero-order valence-electron chi connectivity index (χ0n) is 35.3. The van der Waals surface area contributed by atoms with Gasteiger partial charge in [-0.15, -0.1) is 0 Å². The first-order valence-electron chi connectivity index (χ1n) is 21.1. The van der Waals surface area contributed by atoms with Crippen molar-refractivity contribution in [3.8, 4) is 0 Å². The Morgan fingerprint density at radius 3 is 1.52 bits per heavy atom. The minimum Gasteiger partial charge on any atom is -0.326 e. The molecule has 0 aromatic heterocycles. The van der Waals surface area contributed by atoms with Crippen molar-refractivity contribution in [2.24, 2.45) is 0 Å². The van der Waals surface area contributed by atoms with E-state index in [2.05, 4.69) is 199 Å². The quantitative estimate of drug-likeness (QED) is 0.0530. The summed E-state index contributed by atoms with van der Waals surface area (Å²) in [4.78, 5) is 0. The molecule has 6 rings (SSSR count). The number of quaternary nitrogens is 1. The summed E-state index contributed by atoms with van der Waals surface area (Å²) in [5.41, 5.74) is 4.41. The maximum absolute atomic E-state index is 4.03. The van der Waals surface area contributed by atoms with Crippen molar-refractivity contribution >= 4 is 36.5 Å². The van der Waals surface area contributed by atoms with Gasteiger partial charge in [0.25, 0.3) is 0 Å². The second-order valence-corrected chi connectivity index (χ2v) is 26.3. The molecule has 0 aliphatic carbocycles. The average Bonchev–Trinajstić information content (AvgIpc) is 3.19. The second-order valence-electron chi connectivity index (χ2n) is 18.6. The number of benzene rings is 5. The first-order valence-corrected chi connectivity index (χ1v) is 25.6. The minimum absolute atomic E-state index is 0.163. The number of hydrogen-bond acceptors (Lipinski definition) is 1. The highest BCUT2D eigenvalue weighted by Crippen LogP contribution is 2.65. The van der Waals surface area contributed by atoms with Crippen molar-refractivity contribution in [2.75, 3.05) is 39.1 Å². The highest BCUT2D eigenvalue weighted by atomic mass is 31.2. The molecule has 1 fully saturated rings. The monoisotopic (exact) mass is 783 g/mol. The predicted molar refractivity (Wildman–Crippen MR) is 252 cm³/mol. The molecular weight excluding hydrogens is 715 g/mol. The number of nitrogens with zero attached hydrogens (tertiary/aromatic N) is 1. The SMILES string of the molecule is C=Cc1ccc(C[P+](CCC[P+](CCCC[N+](C)(C)C2CC(C)(C)NC(C)(C)C2)(c2ccccc2)c2ccccc2)(Cc2ccccc2)c2ccccc2)cc1. The van der Waals surface area contributed by atoms with Crippen molar-refractivity contribution in [1.29, 1.82) is 0 Å². The van der Waals surface area contributed by atoms with E-state index in [4.69, 9.17) is 0 Å². The lowest BCUT2D eigenvalue weighted by atomic mass is 9.78. The largest absolute Gasteiger partial charge is 0.326 e. The molecule has 5 aromatic carbocycles. The van der Waals surface area contributed by atoms with Gasteiger partial charge < -0.3 is 9.80 Å². The molecule has 0 bridgehead atoms. The van der Waals surface area contributed by atoms with Crippen LogP contribution in [0.15, 0.2) is 152 Å². The number of nitrogens with one attached hydrogen (secondary N) is 1. The molecule has 1 aliphatic rings. The minimum atomic E-state index is -1.72. The van der Waals surface area contributed by atoms with Gasteiger partial charge >= 0.3 is 0 Å². The molecule has 0 saturated carbocycles. The van der Waals surface area contributed by atoms with Crippen molar-refractivity contribution < 1.29 is 4.48 Å². The van der Waals surface area contributed by atoms with Crippen LogP contribution in [-0.2, 0) is 12.3 Å². The van der Waals surface area contributed by atoms with Crippen LogP contribution in [0.25, 0.3) is 6.08 Å². The van der Waals surface area contributed by atoms with Gasteiger partial charge in [0.2, 0.25) is 0 Å². The van der Waals surface area contributed by atoms with Crippen molar-refractivity contribution in [1.82, 2.24) is 5.32 Å². The summed E-state index contributed by atoms with van der Waals surface area (Å²) in [6.07, 6.45) is 14.1. The van der Waals surface area contributed by atoms with E-state index in [9.17, 15) is 0 Å². The third kappa shape index (κ3) is 10.8. The van der Waals surface area contributed by atoms with E-state index in [1.54, 1.807) is 15.9 Å². The Balaban J connectivity index is 1.31. The molecule has 1 heterocycles. The summed E-state index contributed by atoms with van der Waals surface area (Å²) in [5, 5.41) is 8.64. The van der Waals surface area contributed by atoms with E-state index in [1.165, 1.54) is 73.8 Å². The van der Waals surface area contributed by atoms with Crippen LogP contribution in [0.5, 0.6) is 0 Å². The molecule has 0 amide bonds. The molecule has 56 heavy (non-hydrogen) atoms. The topological polar surface area (TPSA) is 12.0 Å². The van der Waals surface area contributed by atoms with E-state index in [1.807, 2.05) is 6.08 Å². The van der Waals surface area contributed by atoms with E-state index in [0.717, 1.165) is 16.8 Å². The molecule has 2 nitrogen and oxygen atoms in total. The lowest BCUT2D eigenvalue weighted by Crippen LogP contribution is -2.65. The van der Waals surface area contributed by atoms with Crippen LogP contribution in [0.3, 0.4) is 0 Å². The van der Waals surface area contributed by atoms with Gasteiger partial charge in [0.05, 0.1) is 87.9 Å². The Hall–Kier alpha value is -3.38. The van der Waals surface area contributed by atoms with Crippen molar-refractivity contribution in [3.05, 3.63) is 169 Å². The maximum Gasteiger partial charge on any atom is 0.0991 e. The maximum atomic E-state index is 4.03. The smallest absolute Gasteiger partial charge is 0.0991 e. The van der Waals surface area contributed by atoms with Gasteiger partial charge in [-0.25, -0.2) is 0 Å². The molecule has 1 unspecified atom stereocenters. The van der Waals surface area contributed by atoms with Crippen LogP contribution in [0, 0.1) is 0 Å².